The van der Waals surface area contributed by atoms with Gasteiger partial charge in [-0.15, -0.1) is 0 Å². The van der Waals surface area contributed by atoms with Crippen molar-refractivity contribution in [2.45, 2.75) is 469 Å². The molecule has 0 aromatic heterocycles. The highest BCUT2D eigenvalue weighted by Gasteiger charge is 2.20. The summed E-state index contributed by atoms with van der Waals surface area (Å²) in [6.07, 6.45) is 103. The van der Waals surface area contributed by atoms with E-state index in [1.807, 2.05) is 0 Å². The summed E-state index contributed by atoms with van der Waals surface area (Å²) in [6, 6.07) is -0.539. The molecule has 3 N–H and O–H groups in total. The third-order valence-electron chi connectivity index (χ3n) is 19.2. The summed E-state index contributed by atoms with van der Waals surface area (Å²) >= 11 is 0. The van der Waals surface area contributed by atoms with Gasteiger partial charge in [-0.3, -0.25) is 9.59 Å². The van der Waals surface area contributed by atoms with Crippen LogP contribution in [-0.2, 0) is 14.3 Å². The van der Waals surface area contributed by atoms with E-state index in [-0.39, 0.29) is 18.5 Å². The molecule has 0 saturated heterocycles. The minimum absolute atomic E-state index is 0.0177. The summed E-state index contributed by atoms with van der Waals surface area (Å²) in [4.78, 5) is 24.6. The molecule has 0 aliphatic rings. The van der Waals surface area contributed by atoms with Crippen LogP contribution in [0.5, 0.6) is 0 Å². The first-order valence-electron chi connectivity index (χ1n) is 40.7. The Bertz CT molecular complexity index is 1440. The Labute approximate surface area is 557 Å². The molecule has 0 saturated carbocycles. The molecule has 0 aromatic rings. The number of nitrogens with one attached hydrogen (secondary N) is 1. The Balaban J connectivity index is 3.34. The number of rotatable bonds is 77. The van der Waals surface area contributed by atoms with Crippen LogP contribution in [0.4, 0.5) is 0 Å². The van der Waals surface area contributed by atoms with Crippen LogP contribution < -0.4 is 5.32 Å². The molecule has 6 heteroatoms. The molecule has 0 spiro atoms. The van der Waals surface area contributed by atoms with E-state index < -0.39 is 12.1 Å². The van der Waals surface area contributed by atoms with E-state index in [1.165, 1.54) is 372 Å². The molecule has 1 amide bonds. The molecule has 6 nitrogen and oxygen atoms in total. The normalized spacial score (nSPS) is 12.6. The third-order valence-corrected chi connectivity index (χ3v) is 19.2. The van der Waals surface area contributed by atoms with Crippen LogP contribution in [0.2, 0.25) is 0 Å². The largest absolute Gasteiger partial charge is 0.466 e. The van der Waals surface area contributed by atoms with Gasteiger partial charge in [0.15, 0.2) is 0 Å². The van der Waals surface area contributed by atoms with Crippen molar-refractivity contribution in [2.24, 2.45) is 0 Å². The summed E-state index contributed by atoms with van der Waals surface area (Å²) in [6.45, 7) is 4.99. The quantitative estimate of drug-likeness (QED) is 0.0320. The number of amides is 1. The zero-order chi connectivity index (χ0) is 64.2. The van der Waals surface area contributed by atoms with Crippen LogP contribution >= 0.6 is 0 Å². The van der Waals surface area contributed by atoms with Crippen LogP contribution in [0.25, 0.3) is 0 Å². The summed E-state index contributed by atoms with van der Waals surface area (Å²) in [5.74, 6) is -0.0104. The number of carbonyl (C=O) groups excluding carboxylic acids is 2. The molecule has 89 heavy (non-hydrogen) atoms. The Morgan fingerprint density at radius 2 is 0.562 bits per heavy atom. The maximum atomic E-state index is 12.5. The second-order valence-electron chi connectivity index (χ2n) is 28.1. The fraction of sp³-hybridized carbons (Fsp3) is 0.904. The highest BCUT2D eigenvalue weighted by Crippen LogP contribution is 2.20. The number of ether oxygens (including phenoxy) is 1. The highest BCUT2D eigenvalue weighted by atomic mass is 16.5. The van der Waals surface area contributed by atoms with Gasteiger partial charge in [0, 0.05) is 12.8 Å². The van der Waals surface area contributed by atoms with Gasteiger partial charge in [0.25, 0.3) is 0 Å². The van der Waals surface area contributed by atoms with Crippen LogP contribution in [0.15, 0.2) is 36.5 Å². The second-order valence-corrected chi connectivity index (χ2v) is 28.1. The second kappa shape index (κ2) is 78.5. The average Bonchev–Trinajstić information content (AvgIpc) is 3.62. The predicted octanol–water partition coefficient (Wildman–Crippen LogP) is 27.0. The molecular formula is C83H159NO5. The van der Waals surface area contributed by atoms with Gasteiger partial charge in [-0.25, -0.2) is 0 Å². The lowest BCUT2D eigenvalue weighted by Gasteiger charge is -2.22. The van der Waals surface area contributed by atoms with Crippen molar-refractivity contribution < 1.29 is 24.5 Å². The number of carbonyl (C=O) groups is 2. The van der Waals surface area contributed by atoms with Gasteiger partial charge >= 0.3 is 5.97 Å². The Hall–Kier alpha value is -1.92. The number of unbranched alkanes of at least 4 members (excludes halogenated alkanes) is 60. The molecule has 0 fully saturated rings. The first-order chi connectivity index (χ1) is 44.0. The van der Waals surface area contributed by atoms with E-state index in [9.17, 15) is 19.8 Å². The van der Waals surface area contributed by atoms with E-state index in [0.717, 1.165) is 51.4 Å². The minimum atomic E-state index is -0.662. The lowest BCUT2D eigenvalue weighted by molar-refractivity contribution is -0.143. The number of aliphatic hydroxyl groups is 2. The summed E-state index contributed by atoms with van der Waals surface area (Å²) in [5.41, 5.74) is 0. The van der Waals surface area contributed by atoms with Crippen molar-refractivity contribution in [3.05, 3.63) is 36.5 Å². The first kappa shape index (κ1) is 87.1. The summed E-state index contributed by atoms with van der Waals surface area (Å²) in [5, 5.41) is 23.4. The molecule has 2 atom stereocenters. The maximum absolute atomic E-state index is 12.5. The fourth-order valence-electron chi connectivity index (χ4n) is 13.0. The van der Waals surface area contributed by atoms with Crippen molar-refractivity contribution in [1.29, 1.82) is 0 Å². The zero-order valence-electron chi connectivity index (χ0n) is 60.4. The van der Waals surface area contributed by atoms with Crippen LogP contribution in [0.3, 0.4) is 0 Å². The summed E-state index contributed by atoms with van der Waals surface area (Å²) < 4.78 is 5.51. The van der Waals surface area contributed by atoms with E-state index in [0.29, 0.717) is 25.9 Å². The SMILES string of the molecule is CCCCCCCC/C=C\CCCCCCCCCC(=O)OCCCCCCCCCCCCCCCCC/C=C\C/C=C\CCCCCCCCCCCCCCCCCCCC(=O)NC(CO)C(O)CCCCCCCCCCCCCCCCCC. The Kier molecular flexibility index (Phi) is 76.8. The number of aliphatic hydroxyl groups excluding tert-OH is 2. The average molecular weight is 1250 g/mol. The van der Waals surface area contributed by atoms with Crippen molar-refractivity contribution in [3.63, 3.8) is 0 Å². The number of allylic oxidation sites excluding steroid dienone is 6. The topological polar surface area (TPSA) is 95.9 Å². The standard InChI is InChI=1S/C83H159NO5/c1-3-5-7-9-11-13-15-17-19-44-49-53-57-61-65-69-73-77-83(88)89-78-74-70-66-62-58-54-50-46-43-41-39-37-35-33-31-29-27-25-23-21-22-24-26-28-30-32-34-36-38-40-42-45-48-52-56-60-64-68-72-76-82(87)84-80(79-85)81(86)75-71-67-63-59-55-51-47-20-18-16-14-12-10-8-6-4-2/h17,19,21-22,25,27,80-81,85-86H,3-16,18,20,23-24,26,28-79H2,1-2H3,(H,84,87)/b19-17-,22-21-,27-25-. The Morgan fingerprint density at radius 3 is 0.865 bits per heavy atom. The molecule has 0 radical (unpaired) electrons. The van der Waals surface area contributed by atoms with Gasteiger partial charge in [0.1, 0.15) is 0 Å². The molecule has 2 unspecified atom stereocenters. The molecule has 0 aliphatic carbocycles. The smallest absolute Gasteiger partial charge is 0.305 e. The van der Waals surface area contributed by atoms with Gasteiger partial charge in [-0.2, -0.15) is 0 Å². The summed E-state index contributed by atoms with van der Waals surface area (Å²) in [7, 11) is 0. The number of hydrogen-bond acceptors (Lipinski definition) is 5. The van der Waals surface area contributed by atoms with E-state index in [2.05, 4.69) is 55.6 Å². The number of esters is 1. The number of hydrogen-bond donors (Lipinski definition) is 3. The van der Waals surface area contributed by atoms with E-state index in [1.54, 1.807) is 0 Å². The minimum Gasteiger partial charge on any atom is -0.466 e. The fourth-order valence-corrected chi connectivity index (χ4v) is 13.0. The van der Waals surface area contributed by atoms with Crippen molar-refractivity contribution in [2.75, 3.05) is 13.2 Å². The van der Waals surface area contributed by atoms with Gasteiger partial charge in [0.05, 0.1) is 25.4 Å². The van der Waals surface area contributed by atoms with Crippen LogP contribution in [-0.4, -0.2) is 47.4 Å². The van der Waals surface area contributed by atoms with E-state index >= 15 is 0 Å². The lowest BCUT2D eigenvalue weighted by Crippen LogP contribution is -2.45. The maximum Gasteiger partial charge on any atom is 0.305 e. The highest BCUT2D eigenvalue weighted by molar-refractivity contribution is 5.76. The van der Waals surface area contributed by atoms with Gasteiger partial charge < -0.3 is 20.3 Å². The lowest BCUT2D eigenvalue weighted by atomic mass is 10.0. The van der Waals surface area contributed by atoms with Crippen molar-refractivity contribution in [3.8, 4) is 0 Å². The molecular weight excluding hydrogens is 1090 g/mol. The van der Waals surface area contributed by atoms with Crippen LogP contribution in [0.1, 0.15) is 457 Å². The molecule has 526 valence electrons. The zero-order valence-corrected chi connectivity index (χ0v) is 60.4. The van der Waals surface area contributed by atoms with Gasteiger partial charge in [-0.1, -0.05) is 397 Å². The van der Waals surface area contributed by atoms with Crippen molar-refractivity contribution in [1.82, 2.24) is 5.32 Å². The van der Waals surface area contributed by atoms with Gasteiger partial charge in [0.2, 0.25) is 5.91 Å². The van der Waals surface area contributed by atoms with Crippen LogP contribution in [0, 0.1) is 0 Å². The van der Waals surface area contributed by atoms with Crippen molar-refractivity contribution >= 4 is 11.9 Å². The molecule has 0 aromatic carbocycles. The van der Waals surface area contributed by atoms with E-state index in [4.69, 9.17) is 4.74 Å². The molecule has 0 heterocycles. The Morgan fingerprint density at radius 1 is 0.315 bits per heavy atom. The molecule has 0 aliphatic heterocycles. The first-order valence-corrected chi connectivity index (χ1v) is 40.7. The molecule has 0 bridgehead atoms. The predicted molar refractivity (Wildman–Crippen MR) is 393 cm³/mol. The monoisotopic (exact) mass is 1250 g/mol. The van der Waals surface area contributed by atoms with Gasteiger partial charge in [-0.05, 0) is 83.5 Å². The third kappa shape index (κ3) is 75.0. The molecule has 0 rings (SSSR count).